The first-order valence-corrected chi connectivity index (χ1v) is 4.82. The Hall–Kier alpha value is -1.55. The average Bonchev–Trinajstić information content (AvgIpc) is 2.58. The van der Waals surface area contributed by atoms with Crippen LogP contribution in [0.2, 0.25) is 0 Å². The molecular formula is C10H12N4. The van der Waals surface area contributed by atoms with E-state index in [-0.39, 0.29) is 0 Å². The molecule has 1 aliphatic rings. The summed E-state index contributed by atoms with van der Waals surface area (Å²) in [6, 6.07) is 6.84. The van der Waals surface area contributed by atoms with Gasteiger partial charge in [-0.3, -0.25) is 5.10 Å². The third-order valence-electron chi connectivity index (χ3n) is 2.59. The summed E-state index contributed by atoms with van der Waals surface area (Å²) in [4.78, 5) is 0. The maximum Gasteiger partial charge on any atom is 0.0651 e. The Bertz CT molecular complexity index is 444. The fraction of sp³-hybridized carbons (Fsp3) is 0.300. The van der Waals surface area contributed by atoms with Crippen LogP contribution < -0.4 is 10.6 Å². The summed E-state index contributed by atoms with van der Waals surface area (Å²) in [5, 5.41) is 14.8. The van der Waals surface area contributed by atoms with E-state index in [1.54, 1.807) is 0 Å². The van der Waals surface area contributed by atoms with Gasteiger partial charge < -0.3 is 10.6 Å². The minimum absolute atomic E-state index is 0.583. The molecule has 72 valence electrons. The molecule has 1 aromatic heterocycles. The maximum absolute atomic E-state index is 3.99. The molecule has 0 amide bonds. The molecule has 0 bridgehead atoms. The van der Waals surface area contributed by atoms with E-state index in [4.69, 9.17) is 0 Å². The molecule has 1 aromatic carbocycles. The van der Waals surface area contributed by atoms with E-state index in [2.05, 4.69) is 39.0 Å². The van der Waals surface area contributed by atoms with E-state index in [1.807, 2.05) is 6.20 Å². The van der Waals surface area contributed by atoms with Crippen LogP contribution in [0.15, 0.2) is 24.4 Å². The molecular weight excluding hydrogens is 176 g/mol. The third-order valence-corrected chi connectivity index (χ3v) is 2.59. The van der Waals surface area contributed by atoms with Gasteiger partial charge in [0.15, 0.2) is 0 Å². The van der Waals surface area contributed by atoms with Crippen molar-refractivity contribution in [3.63, 3.8) is 0 Å². The molecule has 2 heterocycles. The lowest BCUT2D eigenvalue weighted by Gasteiger charge is -2.28. The SMILES string of the molecule is c1cc2[nH]ncc2cc1NC1CNC1. The van der Waals surface area contributed by atoms with Crippen molar-refractivity contribution in [2.75, 3.05) is 18.4 Å². The first kappa shape index (κ1) is 7.82. The zero-order valence-electron chi connectivity index (χ0n) is 7.75. The smallest absolute Gasteiger partial charge is 0.0651 e. The molecule has 0 spiro atoms. The Morgan fingerprint density at radius 2 is 2.29 bits per heavy atom. The van der Waals surface area contributed by atoms with Gasteiger partial charge >= 0.3 is 0 Å². The summed E-state index contributed by atoms with van der Waals surface area (Å²) in [7, 11) is 0. The summed E-state index contributed by atoms with van der Waals surface area (Å²) >= 11 is 0. The second-order valence-corrected chi connectivity index (χ2v) is 3.67. The zero-order valence-corrected chi connectivity index (χ0v) is 7.75. The molecule has 0 radical (unpaired) electrons. The predicted octanol–water partition coefficient (Wildman–Crippen LogP) is 0.947. The van der Waals surface area contributed by atoms with Crippen molar-refractivity contribution in [3.05, 3.63) is 24.4 Å². The number of anilines is 1. The van der Waals surface area contributed by atoms with Crippen LogP contribution in [0, 0.1) is 0 Å². The Morgan fingerprint density at radius 3 is 3.07 bits per heavy atom. The highest BCUT2D eigenvalue weighted by Gasteiger charge is 2.15. The molecule has 3 N–H and O–H groups in total. The second-order valence-electron chi connectivity index (χ2n) is 3.67. The monoisotopic (exact) mass is 188 g/mol. The highest BCUT2D eigenvalue weighted by atomic mass is 15.1. The number of fused-ring (bicyclic) bond motifs is 1. The van der Waals surface area contributed by atoms with Crippen LogP contribution in [0.1, 0.15) is 0 Å². The number of nitrogens with zero attached hydrogens (tertiary/aromatic N) is 1. The van der Waals surface area contributed by atoms with E-state index in [9.17, 15) is 0 Å². The van der Waals surface area contributed by atoms with Crippen LogP contribution in [-0.2, 0) is 0 Å². The quantitative estimate of drug-likeness (QED) is 0.657. The lowest BCUT2D eigenvalue weighted by atomic mass is 10.1. The second kappa shape index (κ2) is 2.99. The van der Waals surface area contributed by atoms with Crippen LogP contribution in [0.25, 0.3) is 10.9 Å². The number of hydrogen-bond donors (Lipinski definition) is 3. The van der Waals surface area contributed by atoms with Crippen LogP contribution in [0.5, 0.6) is 0 Å². The van der Waals surface area contributed by atoms with Crippen molar-refractivity contribution >= 4 is 16.6 Å². The first-order chi connectivity index (χ1) is 6.92. The van der Waals surface area contributed by atoms with E-state index >= 15 is 0 Å². The molecule has 1 fully saturated rings. The van der Waals surface area contributed by atoms with Crippen molar-refractivity contribution in [2.24, 2.45) is 0 Å². The van der Waals surface area contributed by atoms with Gasteiger partial charge in [0.1, 0.15) is 0 Å². The third kappa shape index (κ3) is 1.24. The van der Waals surface area contributed by atoms with Gasteiger partial charge in [-0.05, 0) is 18.2 Å². The van der Waals surface area contributed by atoms with E-state index in [0.717, 1.165) is 24.0 Å². The molecule has 1 aliphatic heterocycles. The Labute approximate surface area is 81.7 Å². The van der Waals surface area contributed by atoms with Crippen LogP contribution in [0.4, 0.5) is 5.69 Å². The van der Waals surface area contributed by atoms with Crippen LogP contribution >= 0.6 is 0 Å². The van der Waals surface area contributed by atoms with Crippen molar-refractivity contribution in [3.8, 4) is 0 Å². The number of aromatic nitrogens is 2. The number of benzene rings is 1. The van der Waals surface area contributed by atoms with Gasteiger partial charge in [0.25, 0.3) is 0 Å². The van der Waals surface area contributed by atoms with Gasteiger partial charge in [0.05, 0.1) is 17.8 Å². The van der Waals surface area contributed by atoms with Crippen LogP contribution in [0.3, 0.4) is 0 Å². The number of aromatic amines is 1. The summed E-state index contributed by atoms with van der Waals surface area (Å²) < 4.78 is 0. The fourth-order valence-electron chi connectivity index (χ4n) is 1.66. The normalized spacial score (nSPS) is 16.9. The molecule has 14 heavy (non-hydrogen) atoms. The molecule has 1 saturated heterocycles. The van der Waals surface area contributed by atoms with E-state index in [0.29, 0.717) is 6.04 Å². The van der Waals surface area contributed by atoms with Gasteiger partial charge in [0, 0.05) is 24.2 Å². The highest BCUT2D eigenvalue weighted by molar-refractivity contribution is 5.81. The van der Waals surface area contributed by atoms with Gasteiger partial charge in [0.2, 0.25) is 0 Å². The molecule has 0 atom stereocenters. The summed E-state index contributed by atoms with van der Waals surface area (Å²) in [5.74, 6) is 0. The summed E-state index contributed by atoms with van der Waals surface area (Å²) in [6.07, 6.45) is 1.85. The minimum Gasteiger partial charge on any atom is -0.380 e. The Balaban J connectivity index is 1.88. The zero-order chi connectivity index (χ0) is 9.38. The fourth-order valence-corrected chi connectivity index (χ4v) is 1.66. The van der Waals surface area contributed by atoms with Crippen LogP contribution in [-0.4, -0.2) is 29.3 Å². The minimum atomic E-state index is 0.583. The van der Waals surface area contributed by atoms with E-state index < -0.39 is 0 Å². The molecule has 3 rings (SSSR count). The topological polar surface area (TPSA) is 52.7 Å². The van der Waals surface area contributed by atoms with E-state index in [1.165, 1.54) is 5.69 Å². The molecule has 4 heteroatoms. The van der Waals surface area contributed by atoms with Crippen molar-refractivity contribution in [1.29, 1.82) is 0 Å². The van der Waals surface area contributed by atoms with Gasteiger partial charge in [-0.15, -0.1) is 0 Å². The number of nitrogens with one attached hydrogen (secondary N) is 3. The number of hydrogen-bond acceptors (Lipinski definition) is 3. The lowest BCUT2D eigenvalue weighted by molar-refractivity contribution is 0.472. The molecule has 0 aliphatic carbocycles. The van der Waals surface area contributed by atoms with Gasteiger partial charge in [-0.1, -0.05) is 0 Å². The molecule has 0 unspecified atom stereocenters. The molecule has 0 saturated carbocycles. The van der Waals surface area contributed by atoms with Crippen molar-refractivity contribution < 1.29 is 0 Å². The van der Waals surface area contributed by atoms with Crippen molar-refractivity contribution in [1.82, 2.24) is 15.5 Å². The predicted molar refractivity (Wildman–Crippen MR) is 56.4 cm³/mol. The van der Waals surface area contributed by atoms with Gasteiger partial charge in [-0.25, -0.2) is 0 Å². The first-order valence-electron chi connectivity index (χ1n) is 4.82. The average molecular weight is 188 g/mol. The molecule has 2 aromatic rings. The standard InChI is InChI=1S/C10H12N4/c1-2-10-7(4-12-14-10)3-8(1)13-9-5-11-6-9/h1-4,9,11,13H,5-6H2,(H,12,14). The van der Waals surface area contributed by atoms with Gasteiger partial charge in [-0.2, -0.15) is 5.10 Å². The number of H-pyrrole nitrogens is 1. The molecule has 4 nitrogen and oxygen atoms in total. The maximum atomic E-state index is 3.99. The van der Waals surface area contributed by atoms with Crippen molar-refractivity contribution in [2.45, 2.75) is 6.04 Å². The largest absolute Gasteiger partial charge is 0.380 e. The Kier molecular flexibility index (Phi) is 1.67. The Morgan fingerprint density at radius 1 is 1.36 bits per heavy atom. The summed E-state index contributed by atoms with van der Waals surface area (Å²) in [5.41, 5.74) is 2.26. The lowest BCUT2D eigenvalue weighted by Crippen LogP contribution is -2.51. The highest BCUT2D eigenvalue weighted by Crippen LogP contribution is 2.17. The summed E-state index contributed by atoms with van der Waals surface area (Å²) in [6.45, 7) is 2.12. The number of rotatable bonds is 2.